The summed E-state index contributed by atoms with van der Waals surface area (Å²) < 4.78 is 50.4. The number of hydrogen-bond donors (Lipinski definition) is 1. The first-order valence-corrected chi connectivity index (χ1v) is 10.6. The molecule has 0 radical (unpaired) electrons. The lowest BCUT2D eigenvalue weighted by molar-refractivity contribution is -0.384. The number of benzene rings is 3. The number of anilines is 1. The Bertz CT molecular complexity index is 1230. The van der Waals surface area contributed by atoms with Gasteiger partial charge in [0.1, 0.15) is 12.3 Å². The van der Waals surface area contributed by atoms with Crippen molar-refractivity contribution in [1.29, 1.82) is 0 Å². The predicted octanol–water partition coefficient (Wildman–Crippen LogP) is 6.72. The molecule has 0 spiro atoms. The van der Waals surface area contributed by atoms with E-state index in [-0.39, 0.29) is 5.69 Å². The molecule has 0 saturated heterocycles. The Morgan fingerprint density at radius 3 is 2.59 bits per heavy atom. The molecule has 0 aromatic heterocycles. The molecular formula is C23H19BrF3N3O4. The SMILES string of the molecule is COc1cc(/C=N\Nc2ccc(C(F)(F)F)cc2[N+](=O)[O-])cc(Br)c1OCc1cccc(C)c1. The van der Waals surface area contributed by atoms with E-state index in [0.717, 1.165) is 23.3 Å². The Hall–Kier alpha value is -3.60. The van der Waals surface area contributed by atoms with E-state index in [1.807, 2.05) is 31.2 Å². The zero-order valence-electron chi connectivity index (χ0n) is 18.0. The Morgan fingerprint density at radius 1 is 1.18 bits per heavy atom. The first kappa shape index (κ1) is 25.0. The number of hydrazone groups is 1. The molecule has 0 heterocycles. The van der Waals surface area contributed by atoms with Crippen LogP contribution in [0, 0.1) is 17.0 Å². The standard InChI is InChI=1S/C23H19BrF3N3O4/c1-14-4-3-5-15(8-14)13-34-22-18(24)9-16(10-21(22)33-2)12-28-29-19-7-6-17(23(25,26)27)11-20(19)30(31)32/h3-12,29H,13H2,1-2H3/b28-12-. The maximum Gasteiger partial charge on any atom is 0.416 e. The highest BCUT2D eigenvalue weighted by Gasteiger charge is 2.33. The second-order valence-electron chi connectivity index (χ2n) is 7.17. The van der Waals surface area contributed by atoms with Crippen LogP contribution < -0.4 is 14.9 Å². The number of methoxy groups -OCH3 is 1. The average molecular weight is 538 g/mol. The van der Waals surface area contributed by atoms with Crippen molar-refractivity contribution in [3.05, 3.63) is 91.4 Å². The van der Waals surface area contributed by atoms with Gasteiger partial charge < -0.3 is 9.47 Å². The zero-order chi connectivity index (χ0) is 24.9. The van der Waals surface area contributed by atoms with Gasteiger partial charge in [0.2, 0.25) is 0 Å². The van der Waals surface area contributed by atoms with E-state index in [2.05, 4.69) is 26.5 Å². The lowest BCUT2D eigenvalue weighted by Gasteiger charge is -2.14. The van der Waals surface area contributed by atoms with E-state index >= 15 is 0 Å². The van der Waals surface area contributed by atoms with E-state index in [9.17, 15) is 23.3 Å². The number of nitrogens with one attached hydrogen (secondary N) is 1. The molecule has 7 nitrogen and oxygen atoms in total. The minimum atomic E-state index is -4.70. The van der Waals surface area contributed by atoms with Crippen LogP contribution in [0.5, 0.6) is 11.5 Å². The summed E-state index contributed by atoms with van der Waals surface area (Å²) in [6.45, 7) is 2.31. The number of halogens is 4. The molecule has 0 saturated carbocycles. The summed E-state index contributed by atoms with van der Waals surface area (Å²) in [6, 6.07) is 13.4. The van der Waals surface area contributed by atoms with Gasteiger partial charge in [-0.1, -0.05) is 29.8 Å². The third-order valence-electron chi connectivity index (χ3n) is 4.64. The molecule has 0 aliphatic rings. The van der Waals surface area contributed by atoms with Gasteiger partial charge in [-0.15, -0.1) is 0 Å². The van der Waals surface area contributed by atoms with Crippen LogP contribution >= 0.6 is 15.9 Å². The van der Waals surface area contributed by atoms with E-state index in [1.165, 1.54) is 13.3 Å². The van der Waals surface area contributed by atoms with Crippen molar-refractivity contribution in [2.75, 3.05) is 12.5 Å². The molecule has 3 aromatic carbocycles. The highest BCUT2D eigenvalue weighted by Crippen LogP contribution is 2.37. The lowest BCUT2D eigenvalue weighted by atomic mass is 10.1. The second-order valence-corrected chi connectivity index (χ2v) is 8.02. The van der Waals surface area contributed by atoms with Crippen molar-refractivity contribution in [2.24, 2.45) is 5.10 Å². The van der Waals surface area contributed by atoms with Crippen LogP contribution in [-0.4, -0.2) is 18.2 Å². The molecule has 1 N–H and O–H groups in total. The van der Waals surface area contributed by atoms with Crippen molar-refractivity contribution in [3.63, 3.8) is 0 Å². The largest absolute Gasteiger partial charge is 0.493 e. The predicted molar refractivity (Wildman–Crippen MR) is 126 cm³/mol. The van der Waals surface area contributed by atoms with E-state index in [0.29, 0.717) is 34.2 Å². The lowest BCUT2D eigenvalue weighted by Crippen LogP contribution is -2.06. The van der Waals surface area contributed by atoms with Crippen LogP contribution in [0.25, 0.3) is 0 Å². The fraction of sp³-hybridized carbons (Fsp3) is 0.174. The first-order chi connectivity index (χ1) is 16.1. The van der Waals surface area contributed by atoms with Crippen LogP contribution in [0.3, 0.4) is 0 Å². The van der Waals surface area contributed by atoms with Crippen molar-refractivity contribution in [1.82, 2.24) is 0 Å². The number of ether oxygens (including phenoxy) is 2. The topological polar surface area (TPSA) is 86.0 Å². The van der Waals surface area contributed by atoms with Crippen LogP contribution in [-0.2, 0) is 12.8 Å². The summed E-state index contributed by atoms with van der Waals surface area (Å²) in [5, 5.41) is 15.1. The van der Waals surface area contributed by atoms with Gasteiger partial charge in [0.25, 0.3) is 5.69 Å². The molecular weight excluding hydrogens is 519 g/mol. The number of aryl methyl sites for hydroxylation is 1. The van der Waals surface area contributed by atoms with E-state index in [1.54, 1.807) is 12.1 Å². The third kappa shape index (κ3) is 6.25. The van der Waals surface area contributed by atoms with Gasteiger partial charge in [0, 0.05) is 6.07 Å². The van der Waals surface area contributed by atoms with Crippen LogP contribution in [0.4, 0.5) is 24.5 Å². The van der Waals surface area contributed by atoms with Gasteiger partial charge in [-0.25, -0.2) is 0 Å². The van der Waals surface area contributed by atoms with Crippen molar-refractivity contribution >= 4 is 33.5 Å². The summed E-state index contributed by atoms with van der Waals surface area (Å²) in [5.41, 5.74) is 3.02. The number of nitro groups is 1. The normalized spacial score (nSPS) is 11.5. The Morgan fingerprint density at radius 2 is 1.94 bits per heavy atom. The summed E-state index contributed by atoms with van der Waals surface area (Å²) in [7, 11) is 1.48. The molecule has 3 aromatic rings. The fourth-order valence-electron chi connectivity index (χ4n) is 3.04. The minimum absolute atomic E-state index is 0.182. The van der Waals surface area contributed by atoms with E-state index < -0.39 is 22.4 Å². The molecule has 34 heavy (non-hydrogen) atoms. The Kier molecular flexibility index (Phi) is 7.77. The molecule has 11 heteroatoms. The van der Waals surface area contributed by atoms with Gasteiger partial charge >= 0.3 is 6.18 Å². The highest BCUT2D eigenvalue weighted by molar-refractivity contribution is 9.10. The van der Waals surface area contributed by atoms with Crippen LogP contribution in [0.2, 0.25) is 0 Å². The van der Waals surface area contributed by atoms with Crippen LogP contribution in [0.1, 0.15) is 22.3 Å². The Balaban J connectivity index is 1.78. The van der Waals surface area contributed by atoms with Crippen molar-refractivity contribution in [3.8, 4) is 11.5 Å². The zero-order valence-corrected chi connectivity index (χ0v) is 19.6. The molecule has 3 rings (SSSR count). The van der Waals surface area contributed by atoms with Crippen molar-refractivity contribution in [2.45, 2.75) is 19.7 Å². The van der Waals surface area contributed by atoms with Gasteiger partial charge in [-0.05, 0) is 58.2 Å². The highest BCUT2D eigenvalue weighted by atomic mass is 79.9. The molecule has 0 atom stereocenters. The number of hydrogen-bond acceptors (Lipinski definition) is 6. The average Bonchev–Trinajstić information content (AvgIpc) is 2.77. The summed E-state index contributed by atoms with van der Waals surface area (Å²) >= 11 is 3.44. The maximum absolute atomic E-state index is 12.8. The van der Waals surface area contributed by atoms with E-state index in [4.69, 9.17) is 9.47 Å². The van der Waals surface area contributed by atoms with Gasteiger partial charge in [0.05, 0.1) is 28.3 Å². The molecule has 0 bridgehead atoms. The van der Waals surface area contributed by atoms with Gasteiger partial charge in [-0.3, -0.25) is 15.5 Å². The molecule has 0 fully saturated rings. The number of alkyl halides is 3. The fourth-order valence-corrected chi connectivity index (χ4v) is 3.62. The van der Waals surface area contributed by atoms with Gasteiger partial charge in [0.15, 0.2) is 11.5 Å². The number of rotatable bonds is 8. The van der Waals surface area contributed by atoms with Crippen molar-refractivity contribution < 1.29 is 27.6 Å². The first-order valence-electron chi connectivity index (χ1n) is 9.79. The summed E-state index contributed by atoms with van der Waals surface area (Å²) in [4.78, 5) is 10.3. The molecule has 0 amide bonds. The monoisotopic (exact) mass is 537 g/mol. The molecule has 0 aliphatic carbocycles. The Labute approximate surface area is 201 Å². The second kappa shape index (κ2) is 10.6. The van der Waals surface area contributed by atoms with Gasteiger partial charge in [-0.2, -0.15) is 18.3 Å². The molecule has 0 aliphatic heterocycles. The minimum Gasteiger partial charge on any atom is -0.493 e. The quantitative estimate of drug-likeness (QED) is 0.196. The molecule has 0 unspecified atom stereocenters. The van der Waals surface area contributed by atoms with Crippen LogP contribution in [0.15, 0.2) is 64.2 Å². The third-order valence-corrected chi connectivity index (χ3v) is 5.23. The summed E-state index contributed by atoms with van der Waals surface area (Å²) in [6.07, 6.45) is -3.35. The molecule has 178 valence electrons. The maximum atomic E-state index is 12.8. The summed E-state index contributed by atoms with van der Waals surface area (Å²) in [5.74, 6) is 0.900. The smallest absolute Gasteiger partial charge is 0.416 e. The number of nitrogens with zero attached hydrogens (tertiary/aromatic N) is 2. The number of nitro benzene ring substituents is 1.